The number of benzene rings is 1. The van der Waals surface area contributed by atoms with Crippen LogP contribution in [0.1, 0.15) is 11.3 Å². The number of oxazole rings is 1. The molecule has 3 rings (SSSR count). The molecule has 0 fully saturated rings. The number of nitrogens with zero attached hydrogens (tertiary/aromatic N) is 3. The number of rotatable bonds is 5. The number of aryl methyl sites for hydroxylation is 1. The van der Waals surface area contributed by atoms with Crippen LogP contribution in [-0.4, -0.2) is 22.0 Å². The predicted octanol–water partition coefficient (Wildman–Crippen LogP) is 3.75. The molecule has 2 N–H and O–H groups in total. The van der Waals surface area contributed by atoms with Gasteiger partial charge in [0.25, 0.3) is 0 Å². The molecule has 0 spiro atoms. The first-order valence-corrected chi connectivity index (χ1v) is 7.48. The summed E-state index contributed by atoms with van der Waals surface area (Å²) in [5.41, 5.74) is 3.57. The van der Waals surface area contributed by atoms with Crippen molar-refractivity contribution in [2.24, 2.45) is 0 Å². The van der Waals surface area contributed by atoms with Crippen LogP contribution in [0.25, 0.3) is 11.5 Å². The highest BCUT2D eigenvalue weighted by Gasteiger charge is 2.10. The van der Waals surface area contributed by atoms with Gasteiger partial charge in [-0.05, 0) is 19.1 Å². The number of aromatic nitrogens is 3. The Morgan fingerprint density at radius 3 is 2.70 bits per heavy atom. The van der Waals surface area contributed by atoms with Crippen LogP contribution in [0, 0.1) is 6.92 Å². The third-order valence-electron chi connectivity index (χ3n) is 3.34. The maximum Gasteiger partial charge on any atom is 0.226 e. The van der Waals surface area contributed by atoms with E-state index in [1.54, 1.807) is 13.3 Å². The molecule has 6 nitrogen and oxygen atoms in total. The van der Waals surface area contributed by atoms with Crippen molar-refractivity contribution in [2.45, 2.75) is 13.5 Å². The molecule has 23 heavy (non-hydrogen) atoms. The third-order valence-corrected chi connectivity index (χ3v) is 3.62. The molecule has 0 aliphatic carbocycles. The molecule has 0 aliphatic rings. The lowest BCUT2D eigenvalue weighted by molar-refractivity contribution is 0.573. The SMILES string of the molecule is CNc1c(Cl)ncnc1NCc1coc(-c2ccc(C)cc2)n1. The van der Waals surface area contributed by atoms with Crippen LogP contribution < -0.4 is 10.6 Å². The van der Waals surface area contributed by atoms with E-state index in [4.69, 9.17) is 16.0 Å². The predicted molar refractivity (Wildman–Crippen MR) is 90.6 cm³/mol. The van der Waals surface area contributed by atoms with Crippen molar-refractivity contribution in [3.63, 3.8) is 0 Å². The zero-order chi connectivity index (χ0) is 16.2. The van der Waals surface area contributed by atoms with Gasteiger partial charge in [0.15, 0.2) is 11.0 Å². The Labute approximate surface area is 138 Å². The van der Waals surface area contributed by atoms with Gasteiger partial charge in [0.1, 0.15) is 18.3 Å². The largest absolute Gasteiger partial charge is 0.444 e. The molecule has 0 amide bonds. The summed E-state index contributed by atoms with van der Waals surface area (Å²) in [6, 6.07) is 8.03. The maximum atomic E-state index is 6.02. The average molecular weight is 330 g/mol. The fraction of sp³-hybridized carbons (Fsp3) is 0.188. The van der Waals surface area contributed by atoms with Crippen LogP contribution in [0.5, 0.6) is 0 Å². The molecule has 3 aromatic rings. The van der Waals surface area contributed by atoms with Crippen LogP contribution in [0.3, 0.4) is 0 Å². The lowest BCUT2D eigenvalue weighted by Crippen LogP contribution is -2.06. The van der Waals surface area contributed by atoms with E-state index in [-0.39, 0.29) is 0 Å². The number of anilines is 2. The van der Waals surface area contributed by atoms with E-state index < -0.39 is 0 Å². The van der Waals surface area contributed by atoms with Crippen molar-refractivity contribution in [2.75, 3.05) is 17.7 Å². The van der Waals surface area contributed by atoms with Gasteiger partial charge in [-0.3, -0.25) is 0 Å². The van der Waals surface area contributed by atoms with Gasteiger partial charge in [0.2, 0.25) is 5.89 Å². The Morgan fingerprint density at radius 1 is 1.17 bits per heavy atom. The summed E-state index contributed by atoms with van der Waals surface area (Å²) in [4.78, 5) is 12.6. The molecule has 0 saturated heterocycles. The summed E-state index contributed by atoms with van der Waals surface area (Å²) >= 11 is 6.02. The number of nitrogens with one attached hydrogen (secondary N) is 2. The van der Waals surface area contributed by atoms with Crippen LogP contribution in [0.15, 0.2) is 41.3 Å². The average Bonchev–Trinajstić information content (AvgIpc) is 3.02. The Hall–Kier alpha value is -2.60. The molecule has 0 aliphatic heterocycles. The second-order valence-electron chi connectivity index (χ2n) is 5.00. The summed E-state index contributed by atoms with van der Waals surface area (Å²) in [7, 11) is 1.77. The van der Waals surface area contributed by atoms with Crippen molar-refractivity contribution in [1.29, 1.82) is 0 Å². The molecule has 0 saturated carbocycles. The fourth-order valence-electron chi connectivity index (χ4n) is 2.11. The first-order valence-electron chi connectivity index (χ1n) is 7.11. The van der Waals surface area contributed by atoms with Crippen LogP contribution in [0.4, 0.5) is 11.5 Å². The van der Waals surface area contributed by atoms with E-state index in [0.29, 0.717) is 29.1 Å². The molecule has 118 valence electrons. The van der Waals surface area contributed by atoms with E-state index in [1.807, 2.05) is 31.2 Å². The topological polar surface area (TPSA) is 75.9 Å². The highest BCUT2D eigenvalue weighted by atomic mass is 35.5. The quantitative estimate of drug-likeness (QED) is 0.694. The monoisotopic (exact) mass is 329 g/mol. The Kier molecular flexibility index (Phi) is 4.43. The second kappa shape index (κ2) is 6.66. The molecular formula is C16H16ClN5O. The van der Waals surface area contributed by atoms with E-state index in [0.717, 1.165) is 11.3 Å². The lowest BCUT2D eigenvalue weighted by Gasteiger charge is -2.09. The molecular weight excluding hydrogens is 314 g/mol. The minimum Gasteiger partial charge on any atom is -0.444 e. The summed E-state index contributed by atoms with van der Waals surface area (Å²) in [5, 5.41) is 6.51. The second-order valence-corrected chi connectivity index (χ2v) is 5.36. The third kappa shape index (κ3) is 3.43. The van der Waals surface area contributed by atoms with Crippen LogP contribution in [-0.2, 0) is 6.54 Å². The minimum atomic E-state index is 0.366. The zero-order valence-corrected chi connectivity index (χ0v) is 13.6. The standard InChI is InChI=1S/C16H16ClN5O/c1-10-3-5-11(6-4-10)16-22-12(8-23-16)7-19-15-13(18-2)14(17)20-9-21-15/h3-6,8-9,18H,7H2,1-2H3,(H,19,20,21). The molecule has 0 radical (unpaired) electrons. The summed E-state index contributed by atoms with van der Waals surface area (Å²) < 4.78 is 5.53. The van der Waals surface area contributed by atoms with Gasteiger partial charge in [0, 0.05) is 12.6 Å². The van der Waals surface area contributed by atoms with Gasteiger partial charge >= 0.3 is 0 Å². The van der Waals surface area contributed by atoms with E-state index in [9.17, 15) is 0 Å². The summed E-state index contributed by atoms with van der Waals surface area (Å²) in [5.74, 6) is 1.21. The minimum absolute atomic E-state index is 0.366. The molecule has 2 aromatic heterocycles. The van der Waals surface area contributed by atoms with E-state index in [1.165, 1.54) is 11.9 Å². The lowest BCUT2D eigenvalue weighted by atomic mass is 10.1. The number of halogens is 1. The van der Waals surface area contributed by atoms with Crippen LogP contribution >= 0.6 is 11.6 Å². The molecule has 0 atom stereocenters. The first kappa shape index (κ1) is 15.3. The molecule has 1 aromatic carbocycles. The Balaban J connectivity index is 1.73. The molecule has 7 heteroatoms. The van der Waals surface area contributed by atoms with Gasteiger partial charge in [-0.25, -0.2) is 15.0 Å². The molecule has 2 heterocycles. The van der Waals surface area contributed by atoms with Crippen molar-refractivity contribution in [1.82, 2.24) is 15.0 Å². The van der Waals surface area contributed by atoms with Crippen molar-refractivity contribution in [3.05, 3.63) is 53.3 Å². The summed E-state index contributed by atoms with van der Waals surface area (Å²) in [6.07, 6.45) is 3.04. The van der Waals surface area contributed by atoms with E-state index in [2.05, 4.69) is 25.6 Å². The fourth-order valence-corrected chi connectivity index (χ4v) is 2.34. The van der Waals surface area contributed by atoms with Gasteiger partial charge in [-0.15, -0.1) is 0 Å². The number of hydrogen-bond acceptors (Lipinski definition) is 6. The smallest absolute Gasteiger partial charge is 0.226 e. The first-order chi connectivity index (χ1) is 11.2. The highest BCUT2D eigenvalue weighted by Crippen LogP contribution is 2.26. The van der Waals surface area contributed by atoms with Gasteiger partial charge in [-0.1, -0.05) is 29.3 Å². The van der Waals surface area contributed by atoms with Crippen LogP contribution in [0.2, 0.25) is 5.15 Å². The highest BCUT2D eigenvalue weighted by molar-refractivity contribution is 6.32. The van der Waals surface area contributed by atoms with Gasteiger partial charge in [-0.2, -0.15) is 0 Å². The Bertz CT molecular complexity index is 800. The van der Waals surface area contributed by atoms with Crippen molar-refractivity contribution in [3.8, 4) is 11.5 Å². The maximum absolute atomic E-state index is 6.02. The van der Waals surface area contributed by atoms with Crippen molar-refractivity contribution < 1.29 is 4.42 Å². The zero-order valence-electron chi connectivity index (χ0n) is 12.8. The van der Waals surface area contributed by atoms with Crippen molar-refractivity contribution >= 4 is 23.1 Å². The van der Waals surface area contributed by atoms with Gasteiger partial charge < -0.3 is 15.1 Å². The number of hydrogen-bond donors (Lipinski definition) is 2. The molecule has 0 bridgehead atoms. The molecule has 0 unspecified atom stereocenters. The Morgan fingerprint density at radius 2 is 1.96 bits per heavy atom. The van der Waals surface area contributed by atoms with Gasteiger partial charge in [0.05, 0.1) is 12.2 Å². The van der Waals surface area contributed by atoms with E-state index >= 15 is 0 Å². The normalized spacial score (nSPS) is 10.6. The summed E-state index contributed by atoms with van der Waals surface area (Å²) in [6.45, 7) is 2.51.